The zero-order chi connectivity index (χ0) is 6.41. The Bertz CT molecular complexity index is 80.9. The van der Waals surface area contributed by atoms with Crippen molar-refractivity contribution in [3.63, 3.8) is 0 Å². The Balaban J connectivity index is -0.00000000857. The number of hydrogen-bond donors (Lipinski definition) is 0. The van der Waals surface area contributed by atoms with Gasteiger partial charge in [0.2, 0.25) is 0 Å². The van der Waals surface area contributed by atoms with Crippen molar-refractivity contribution in [1.29, 1.82) is 0 Å². The summed E-state index contributed by atoms with van der Waals surface area (Å²) in [5.41, 5.74) is 0. The number of rotatable bonds is 0. The molecule has 0 atom stereocenters. The summed E-state index contributed by atoms with van der Waals surface area (Å²) < 4.78 is 0. The van der Waals surface area contributed by atoms with Crippen LogP contribution in [0.5, 0.6) is 0 Å². The van der Waals surface area contributed by atoms with E-state index < -0.39 is 7.31 Å². The molecule has 12 N–H and O–H groups in total. The molecule has 0 radical (unpaired) electrons. The molecule has 0 saturated carbocycles. The molecule has 0 bridgehead atoms. The summed E-state index contributed by atoms with van der Waals surface area (Å²) in [5, 5.41) is 0. The van der Waals surface area contributed by atoms with Crippen LogP contribution in [-0.4, -0.2) is 32.9 Å². The van der Waals surface area contributed by atoms with E-state index in [0.717, 1.165) is 0 Å². The molecule has 0 aliphatic heterocycles. The molecule has 0 saturated heterocycles. The maximum absolute atomic E-state index is 5.29. The molecular formula is H13Cl6O6Pt-. The van der Waals surface area contributed by atoms with Crippen molar-refractivity contribution in [2.75, 3.05) is 0 Å². The average Bonchev–Trinajstić information content (AvgIpc) is 0.592. The Morgan fingerprint density at radius 1 is 0.462 bits per heavy atom. The SMILES string of the molecule is O.O.O.O.O.O.[Cl][Pt-2]([Cl])([Cl])([Cl])([Cl])[Cl].[H+]. The van der Waals surface area contributed by atoms with Crippen molar-refractivity contribution in [2.45, 2.75) is 0 Å². The van der Waals surface area contributed by atoms with Crippen LogP contribution in [0.25, 0.3) is 0 Å². The Hall–Kier alpha value is 2.19. The molecule has 13 heteroatoms. The molecule has 102 valence electrons. The quantitative estimate of drug-likeness (QED) is 0.394. The van der Waals surface area contributed by atoms with Gasteiger partial charge in [-0.3, -0.25) is 0 Å². The third-order valence-electron chi connectivity index (χ3n) is 0. The molecule has 0 amide bonds. The third kappa shape index (κ3) is 440. The van der Waals surface area contributed by atoms with Gasteiger partial charge in [-0.2, -0.15) is 0 Å². The average molecular weight is 517 g/mol. The normalized spacial score (nSPS) is 12.5. The monoisotopic (exact) mass is 514 g/mol. The Morgan fingerprint density at radius 2 is 0.462 bits per heavy atom. The van der Waals surface area contributed by atoms with Gasteiger partial charge in [-0.15, -0.1) is 0 Å². The van der Waals surface area contributed by atoms with Gasteiger partial charge in [0.15, 0.2) is 0 Å². The van der Waals surface area contributed by atoms with Crippen molar-refractivity contribution in [3.05, 3.63) is 0 Å². The molecule has 0 aromatic carbocycles. The fraction of sp³-hybridized carbons (Fsp3) is 0. The summed E-state index contributed by atoms with van der Waals surface area (Å²) in [7, 11) is 25.0. The second kappa shape index (κ2) is 8.35. The van der Waals surface area contributed by atoms with Crippen LogP contribution in [0.15, 0.2) is 0 Å². The fourth-order valence-electron chi connectivity index (χ4n) is 0. The molecule has 0 aliphatic carbocycles. The predicted molar refractivity (Wildman–Crippen MR) is 57.9 cm³/mol. The van der Waals surface area contributed by atoms with E-state index in [2.05, 4.69) is 0 Å². The summed E-state index contributed by atoms with van der Waals surface area (Å²) in [6.45, 7) is 0. The van der Waals surface area contributed by atoms with Gasteiger partial charge in [0.05, 0.1) is 0 Å². The summed E-state index contributed by atoms with van der Waals surface area (Å²) in [6, 6.07) is 0. The molecule has 0 spiro atoms. The van der Waals surface area contributed by atoms with E-state index in [1.54, 1.807) is 0 Å². The van der Waals surface area contributed by atoms with Crippen molar-refractivity contribution >= 4 is 56.5 Å². The van der Waals surface area contributed by atoms with Gasteiger partial charge >= 0.3 is 65.2 Å². The van der Waals surface area contributed by atoms with Gasteiger partial charge in [-0.05, 0) is 0 Å². The van der Waals surface area contributed by atoms with Gasteiger partial charge in [-0.25, -0.2) is 0 Å². The molecule has 13 heavy (non-hydrogen) atoms. The molecule has 0 unspecified atom stereocenters. The van der Waals surface area contributed by atoms with Crippen molar-refractivity contribution < 1.29 is 41.6 Å². The van der Waals surface area contributed by atoms with E-state index in [1.807, 2.05) is 0 Å². The topological polar surface area (TPSA) is 189 Å². The summed E-state index contributed by atoms with van der Waals surface area (Å²) in [5.74, 6) is 0. The molecule has 0 fully saturated rings. The minimum absolute atomic E-state index is 0. The number of halogens is 6. The van der Waals surface area contributed by atoms with Gasteiger partial charge in [0.1, 0.15) is 0 Å². The fourth-order valence-corrected chi connectivity index (χ4v) is 0. The van der Waals surface area contributed by atoms with Crippen LogP contribution in [0.1, 0.15) is 1.43 Å². The smallest absolute Gasteiger partial charge is 1.00 e. The van der Waals surface area contributed by atoms with Crippen molar-refractivity contribution in [3.8, 4) is 0 Å². The van der Waals surface area contributed by atoms with Gasteiger partial charge in [-0.1, -0.05) is 0 Å². The first-order valence-electron chi connectivity index (χ1n) is 0.717. The minimum atomic E-state index is -5.29. The molecule has 0 aromatic rings. The second-order valence-corrected chi connectivity index (χ2v) is 49.9. The second-order valence-electron chi connectivity index (χ2n) is 0.678. The van der Waals surface area contributed by atoms with E-state index in [0.29, 0.717) is 0 Å². The molecule has 6 nitrogen and oxygen atoms in total. The van der Waals surface area contributed by atoms with Crippen LogP contribution in [0.3, 0.4) is 0 Å². The van der Waals surface area contributed by atoms with Crippen molar-refractivity contribution in [2.24, 2.45) is 0 Å². The predicted octanol–water partition coefficient (Wildman–Crippen LogP) is -0.701. The van der Waals surface area contributed by atoms with Crippen LogP contribution in [0.4, 0.5) is 0 Å². The van der Waals surface area contributed by atoms with E-state index in [1.165, 1.54) is 0 Å². The summed E-state index contributed by atoms with van der Waals surface area (Å²) >= 11 is 0. The van der Waals surface area contributed by atoms with Crippen LogP contribution in [0.2, 0.25) is 0 Å². The summed E-state index contributed by atoms with van der Waals surface area (Å²) in [4.78, 5) is 0. The van der Waals surface area contributed by atoms with Gasteiger partial charge < -0.3 is 32.9 Å². The largest absolute Gasteiger partial charge is 1.00 e. The first kappa shape index (κ1) is 45.6. The standard InChI is InChI=1S/6ClH.6H2O.Pt/h6*1H;6*1H2;/q;;;;;;;;;;;;+4/p-5. The Kier molecular flexibility index (Phi) is 29.3. The third-order valence-corrected chi connectivity index (χ3v) is 0. The van der Waals surface area contributed by atoms with Crippen LogP contribution >= 0.6 is 56.5 Å². The van der Waals surface area contributed by atoms with Crippen LogP contribution < -0.4 is 0 Å². The van der Waals surface area contributed by atoms with E-state index in [-0.39, 0.29) is 34.3 Å². The Labute approximate surface area is 97.4 Å². The molecule has 0 aromatic heterocycles. The van der Waals surface area contributed by atoms with E-state index in [4.69, 9.17) is 56.5 Å². The van der Waals surface area contributed by atoms with Crippen molar-refractivity contribution in [1.82, 2.24) is 0 Å². The first-order valence-corrected chi connectivity index (χ1v) is 17.6. The first-order chi connectivity index (χ1) is 2.45. The van der Waals surface area contributed by atoms with Crippen LogP contribution in [-0.2, 0) is 7.31 Å². The molecule has 0 heterocycles. The van der Waals surface area contributed by atoms with Gasteiger partial charge in [0.25, 0.3) is 0 Å². The zero-order valence-corrected chi connectivity index (χ0v) is 12.4. The number of hydrogen-bond acceptors (Lipinski definition) is 0. The van der Waals surface area contributed by atoms with E-state index in [9.17, 15) is 0 Å². The summed E-state index contributed by atoms with van der Waals surface area (Å²) in [6.07, 6.45) is 0. The molecular weight excluding hydrogens is 504 g/mol. The zero-order valence-electron chi connectivity index (χ0n) is 6.58. The minimum Gasteiger partial charge on any atom is 1.00 e. The molecule has 0 aliphatic rings. The van der Waals surface area contributed by atoms with Crippen LogP contribution in [0, 0.1) is 0 Å². The molecule has 0 rings (SSSR count). The van der Waals surface area contributed by atoms with E-state index >= 15 is 0 Å². The maximum Gasteiger partial charge on any atom is 1.00 e. The van der Waals surface area contributed by atoms with Gasteiger partial charge in [0, 0.05) is 0 Å². The maximum atomic E-state index is 5.05. The Morgan fingerprint density at radius 3 is 0.462 bits per heavy atom.